The molecule has 5 atom stereocenters. The maximum atomic E-state index is 13.0. The average molecular weight is 453 g/mol. The zero-order chi connectivity index (χ0) is 24.1. The van der Waals surface area contributed by atoms with Gasteiger partial charge in [-0.1, -0.05) is 40.0 Å². The molecule has 0 unspecified atom stereocenters. The fourth-order valence-corrected chi connectivity index (χ4v) is 4.92. The number of hydrogen-bond donors (Lipinski definition) is 4. The van der Waals surface area contributed by atoms with Crippen LogP contribution in [0.15, 0.2) is 23.2 Å². The van der Waals surface area contributed by atoms with Crippen molar-refractivity contribution in [3.05, 3.63) is 23.2 Å². The quantitative estimate of drug-likeness (QED) is 0.255. The maximum absolute atomic E-state index is 13.0. The number of fused-ring (bicyclic) bond motifs is 1. The van der Waals surface area contributed by atoms with E-state index in [1.165, 1.54) is 6.08 Å². The molecule has 7 heteroatoms. The summed E-state index contributed by atoms with van der Waals surface area (Å²) >= 11 is 0. The van der Waals surface area contributed by atoms with Gasteiger partial charge >= 0.3 is 11.9 Å². The predicted octanol–water partition coefficient (Wildman–Crippen LogP) is 5.05. The fourth-order valence-electron chi connectivity index (χ4n) is 4.92. The summed E-state index contributed by atoms with van der Waals surface area (Å²) < 4.78 is 5.99. The van der Waals surface area contributed by atoms with Crippen molar-refractivity contribution in [1.29, 1.82) is 0 Å². The summed E-state index contributed by atoms with van der Waals surface area (Å²) in [5.41, 5.74) is -0.144. The number of aliphatic carboxylic acids is 1. The van der Waals surface area contributed by atoms with E-state index in [1.54, 1.807) is 0 Å². The number of hydrogen-bond acceptors (Lipinski definition) is 6. The Morgan fingerprint density at radius 2 is 1.75 bits per heavy atom. The highest BCUT2D eigenvalue weighted by Crippen LogP contribution is 2.47. The molecule has 4 N–H and O–H groups in total. The third kappa shape index (κ3) is 5.85. The molecule has 0 spiro atoms. The minimum Gasteiger partial charge on any atom is -0.512 e. The Balaban J connectivity index is 2.22. The molecule has 0 aromatic heterocycles. The lowest BCUT2D eigenvalue weighted by Crippen LogP contribution is -2.46. The molecule has 182 valence electrons. The first kappa shape index (κ1) is 26.2. The van der Waals surface area contributed by atoms with Crippen LogP contribution >= 0.6 is 0 Å². The Hall–Kier alpha value is -2.02. The summed E-state index contributed by atoms with van der Waals surface area (Å²) in [5, 5.41) is 40.3. The Morgan fingerprint density at radius 1 is 1.12 bits per heavy atom. The molecule has 0 bridgehead atoms. The van der Waals surface area contributed by atoms with Crippen molar-refractivity contribution in [3.8, 4) is 0 Å². The van der Waals surface area contributed by atoms with Gasteiger partial charge in [-0.05, 0) is 44.6 Å². The molecular weight excluding hydrogens is 412 g/mol. The van der Waals surface area contributed by atoms with Gasteiger partial charge in [-0.15, -0.1) is 0 Å². The second-order valence-electron chi connectivity index (χ2n) is 9.70. The van der Waals surface area contributed by atoms with Crippen LogP contribution in [0.1, 0.15) is 85.5 Å². The Labute approximate surface area is 191 Å². The molecule has 2 aliphatic rings. The van der Waals surface area contributed by atoms with Crippen molar-refractivity contribution in [2.24, 2.45) is 23.2 Å². The summed E-state index contributed by atoms with van der Waals surface area (Å²) in [5.74, 6) is -1.61. The second-order valence-corrected chi connectivity index (χ2v) is 9.70. The highest BCUT2D eigenvalue weighted by atomic mass is 16.5. The van der Waals surface area contributed by atoms with Gasteiger partial charge in [0, 0.05) is 30.3 Å². The number of allylic oxidation sites excluding steroid dienone is 2. The Bertz CT molecular complexity index is 735. The van der Waals surface area contributed by atoms with E-state index in [4.69, 9.17) is 9.84 Å². The van der Waals surface area contributed by atoms with Gasteiger partial charge in [-0.2, -0.15) is 0 Å². The van der Waals surface area contributed by atoms with Crippen molar-refractivity contribution in [1.82, 2.24) is 0 Å². The lowest BCUT2D eigenvalue weighted by Gasteiger charge is -2.44. The summed E-state index contributed by atoms with van der Waals surface area (Å²) in [6, 6.07) is 0. The number of carbonyl (C=O) groups is 2. The number of esters is 1. The van der Waals surface area contributed by atoms with E-state index in [0.717, 1.165) is 25.7 Å². The normalized spacial score (nSPS) is 28.2. The molecule has 0 fully saturated rings. The van der Waals surface area contributed by atoms with E-state index in [9.17, 15) is 24.9 Å². The molecule has 0 saturated carbocycles. The number of carboxylic acids is 1. The van der Waals surface area contributed by atoms with E-state index in [0.29, 0.717) is 24.8 Å². The number of unbranched alkanes of at least 4 members (excludes halogenated alkanes) is 3. The molecule has 0 saturated heterocycles. The van der Waals surface area contributed by atoms with Gasteiger partial charge in [0.15, 0.2) is 0 Å². The summed E-state index contributed by atoms with van der Waals surface area (Å²) in [4.78, 5) is 23.7. The zero-order valence-electron chi connectivity index (χ0n) is 19.8. The van der Waals surface area contributed by atoms with Crippen LogP contribution in [-0.2, 0) is 14.3 Å². The first-order valence-electron chi connectivity index (χ1n) is 12.0. The predicted molar refractivity (Wildman–Crippen MR) is 121 cm³/mol. The van der Waals surface area contributed by atoms with Crippen LogP contribution in [0.4, 0.5) is 0 Å². The molecule has 2 aliphatic carbocycles. The summed E-state index contributed by atoms with van der Waals surface area (Å²) in [7, 11) is 0. The second kappa shape index (κ2) is 11.2. The Morgan fingerprint density at radius 3 is 2.34 bits per heavy atom. The van der Waals surface area contributed by atoms with E-state index < -0.39 is 23.6 Å². The van der Waals surface area contributed by atoms with Crippen molar-refractivity contribution in [2.75, 3.05) is 0 Å². The van der Waals surface area contributed by atoms with Crippen LogP contribution < -0.4 is 0 Å². The third-order valence-corrected chi connectivity index (χ3v) is 7.69. The lowest BCUT2D eigenvalue weighted by atomic mass is 9.65. The monoisotopic (exact) mass is 452 g/mol. The zero-order valence-corrected chi connectivity index (χ0v) is 19.8. The van der Waals surface area contributed by atoms with E-state index in [2.05, 4.69) is 0 Å². The van der Waals surface area contributed by atoms with Gasteiger partial charge in [0.05, 0.1) is 11.2 Å². The smallest absolute Gasteiger partial charge is 0.312 e. The standard InChI is InChI=1S/C25H40O7/c1-5-25(4,6-2)24(31)32-20-14-19(27)23(30)17-13-18(26)15(3)16(22(17)20)11-9-7-8-10-12-21(28)29/h13,15-16,19-20,22,26-27,30H,5-12,14H2,1-4H3,(H,28,29)/t15-,16+,19-,20-,22+/m0/s1. The number of carbonyl (C=O) groups excluding carboxylic acids is 1. The topological polar surface area (TPSA) is 124 Å². The van der Waals surface area contributed by atoms with Crippen LogP contribution in [0.5, 0.6) is 0 Å². The van der Waals surface area contributed by atoms with E-state index >= 15 is 0 Å². The van der Waals surface area contributed by atoms with Crippen LogP contribution in [0.2, 0.25) is 0 Å². The van der Waals surface area contributed by atoms with Gasteiger partial charge in [0.2, 0.25) is 0 Å². The van der Waals surface area contributed by atoms with Crippen molar-refractivity contribution in [2.45, 2.75) is 97.7 Å². The number of rotatable bonds is 11. The molecule has 0 heterocycles. The van der Waals surface area contributed by atoms with Crippen molar-refractivity contribution < 1.29 is 34.8 Å². The number of aliphatic hydroxyl groups is 3. The van der Waals surface area contributed by atoms with Crippen LogP contribution in [0.25, 0.3) is 0 Å². The summed E-state index contributed by atoms with van der Waals surface area (Å²) in [6.45, 7) is 7.72. The van der Waals surface area contributed by atoms with E-state index in [-0.39, 0.29) is 48.1 Å². The highest BCUT2D eigenvalue weighted by molar-refractivity contribution is 5.76. The average Bonchev–Trinajstić information content (AvgIpc) is 2.75. The van der Waals surface area contributed by atoms with Crippen molar-refractivity contribution >= 4 is 11.9 Å². The molecular formula is C25H40O7. The van der Waals surface area contributed by atoms with Gasteiger partial charge in [-0.25, -0.2) is 0 Å². The third-order valence-electron chi connectivity index (χ3n) is 7.69. The molecule has 0 aromatic rings. The fraction of sp³-hybridized carbons (Fsp3) is 0.760. The van der Waals surface area contributed by atoms with E-state index in [1.807, 2.05) is 27.7 Å². The van der Waals surface area contributed by atoms with Gasteiger partial charge < -0.3 is 25.2 Å². The molecule has 0 amide bonds. The van der Waals surface area contributed by atoms with Gasteiger partial charge in [0.1, 0.15) is 18.0 Å². The van der Waals surface area contributed by atoms with Gasteiger partial charge in [-0.3, -0.25) is 9.59 Å². The van der Waals surface area contributed by atoms with Crippen LogP contribution in [0, 0.1) is 23.2 Å². The first-order valence-corrected chi connectivity index (χ1v) is 12.0. The lowest BCUT2D eigenvalue weighted by molar-refractivity contribution is -0.167. The maximum Gasteiger partial charge on any atom is 0.312 e. The first-order chi connectivity index (χ1) is 15.1. The van der Waals surface area contributed by atoms with Crippen LogP contribution in [0.3, 0.4) is 0 Å². The minimum atomic E-state index is -1.14. The molecule has 0 aliphatic heterocycles. The SMILES string of the molecule is CCC(C)(CC)C(=O)O[C@H]1C[C@H](O)C(O)=C2C=C(O)[C@@H](C)[C@@H](CCCCCCC(=O)O)[C@H]21. The van der Waals surface area contributed by atoms with Gasteiger partial charge in [0.25, 0.3) is 0 Å². The van der Waals surface area contributed by atoms with Crippen molar-refractivity contribution in [3.63, 3.8) is 0 Å². The summed E-state index contributed by atoms with van der Waals surface area (Å²) in [6.07, 6.45) is 5.31. The largest absolute Gasteiger partial charge is 0.512 e. The minimum absolute atomic E-state index is 0.0589. The molecule has 32 heavy (non-hydrogen) atoms. The molecule has 0 aromatic carbocycles. The number of carboxylic acid groups (broad SMARTS) is 1. The molecule has 0 radical (unpaired) electrons. The molecule has 2 rings (SSSR count). The number of ether oxygens (including phenoxy) is 1. The molecule has 7 nitrogen and oxygen atoms in total. The highest BCUT2D eigenvalue weighted by Gasteiger charge is 2.47. The number of aliphatic hydroxyl groups excluding tert-OH is 3. The van der Waals surface area contributed by atoms with Crippen LogP contribution in [-0.4, -0.2) is 44.6 Å². The Kier molecular flexibility index (Phi) is 9.19.